The molecule has 1 aromatic heterocycles. The van der Waals surface area contributed by atoms with Gasteiger partial charge in [-0.3, -0.25) is 9.59 Å². The average Bonchev–Trinajstić information content (AvgIpc) is 2.61. The van der Waals surface area contributed by atoms with Crippen molar-refractivity contribution in [2.24, 2.45) is 0 Å². The number of aryl methyl sites for hydroxylation is 1. The lowest BCUT2D eigenvalue weighted by Gasteiger charge is -2.19. The number of amides is 1. The zero-order chi connectivity index (χ0) is 18.4. The minimum absolute atomic E-state index is 0.0236. The highest BCUT2D eigenvalue weighted by Gasteiger charge is 2.13. The molecule has 1 aromatic carbocycles. The molecule has 0 saturated heterocycles. The van der Waals surface area contributed by atoms with Crippen molar-refractivity contribution in [3.63, 3.8) is 0 Å². The number of hydrogen-bond donors (Lipinski definition) is 0. The first-order chi connectivity index (χ1) is 12.0. The van der Waals surface area contributed by atoms with Gasteiger partial charge in [0, 0.05) is 19.2 Å². The van der Waals surface area contributed by atoms with Crippen LogP contribution < -0.4 is 10.3 Å². The summed E-state index contributed by atoms with van der Waals surface area (Å²) in [5.74, 6) is 0.700. The third-order valence-electron chi connectivity index (χ3n) is 4.24. The molecule has 0 unspecified atom stereocenters. The fourth-order valence-corrected chi connectivity index (χ4v) is 2.68. The van der Waals surface area contributed by atoms with E-state index in [2.05, 4.69) is 5.10 Å². The molecular weight excluding hydrogens is 318 g/mol. The van der Waals surface area contributed by atoms with Crippen molar-refractivity contribution < 1.29 is 9.53 Å². The third-order valence-corrected chi connectivity index (χ3v) is 4.24. The Hall–Kier alpha value is -2.63. The summed E-state index contributed by atoms with van der Waals surface area (Å²) in [6.07, 6.45) is 0.614. The van der Waals surface area contributed by atoms with Crippen LogP contribution in [0.1, 0.15) is 30.7 Å². The summed E-state index contributed by atoms with van der Waals surface area (Å²) in [5, 5.41) is 4.33. The summed E-state index contributed by atoms with van der Waals surface area (Å²) in [6.45, 7) is 6.92. The van der Waals surface area contributed by atoms with E-state index in [0.29, 0.717) is 19.5 Å². The molecule has 0 aliphatic rings. The summed E-state index contributed by atoms with van der Waals surface area (Å²) in [6, 6.07) is 9.29. The molecular formula is C19H25N3O3. The van der Waals surface area contributed by atoms with E-state index < -0.39 is 0 Å². The fraction of sp³-hybridized carbons (Fsp3) is 0.421. The Balaban J connectivity index is 2.18. The van der Waals surface area contributed by atoms with E-state index in [0.717, 1.165) is 22.6 Å². The molecule has 1 heterocycles. The summed E-state index contributed by atoms with van der Waals surface area (Å²) >= 11 is 0. The van der Waals surface area contributed by atoms with Gasteiger partial charge in [-0.1, -0.05) is 12.1 Å². The molecule has 0 aliphatic heterocycles. The maximum atomic E-state index is 12.3. The van der Waals surface area contributed by atoms with Crippen LogP contribution in [0.25, 0.3) is 0 Å². The number of aromatic nitrogens is 2. The Bertz CT molecular complexity index is 777. The van der Waals surface area contributed by atoms with Crippen LogP contribution in [-0.4, -0.2) is 40.8 Å². The van der Waals surface area contributed by atoms with Crippen LogP contribution in [0.2, 0.25) is 0 Å². The van der Waals surface area contributed by atoms with Crippen LogP contribution in [0.4, 0.5) is 0 Å². The topological polar surface area (TPSA) is 64.4 Å². The molecule has 0 fully saturated rings. The molecule has 2 rings (SSSR count). The Morgan fingerprint density at radius 3 is 2.40 bits per heavy atom. The second-order valence-electron chi connectivity index (χ2n) is 5.84. The van der Waals surface area contributed by atoms with Gasteiger partial charge >= 0.3 is 0 Å². The minimum Gasteiger partial charge on any atom is -0.497 e. The molecule has 0 N–H and O–H groups in total. The molecule has 0 radical (unpaired) electrons. The van der Waals surface area contributed by atoms with E-state index in [1.165, 1.54) is 4.68 Å². The number of ether oxygens (including phenoxy) is 1. The molecule has 0 bridgehead atoms. The normalized spacial score (nSPS) is 10.6. The van der Waals surface area contributed by atoms with Crippen LogP contribution in [0, 0.1) is 6.92 Å². The molecule has 25 heavy (non-hydrogen) atoms. The zero-order valence-electron chi connectivity index (χ0n) is 15.3. The standard InChI is InChI=1S/C19H25N3O3/c1-5-21(6-2)19(24)13-22-18(23)12-16(14(3)20-22)11-15-7-9-17(25-4)10-8-15/h7-10,12H,5-6,11,13H2,1-4H3. The Kier molecular flexibility index (Phi) is 6.33. The number of carbonyl (C=O) groups excluding carboxylic acids is 1. The Morgan fingerprint density at radius 2 is 1.84 bits per heavy atom. The molecule has 2 aromatic rings. The number of rotatable bonds is 7. The van der Waals surface area contributed by atoms with Crippen molar-refractivity contribution in [3.8, 4) is 5.75 Å². The first-order valence-corrected chi connectivity index (χ1v) is 8.46. The molecule has 0 aliphatic carbocycles. The predicted molar refractivity (Wildman–Crippen MR) is 97.0 cm³/mol. The molecule has 6 heteroatoms. The first-order valence-electron chi connectivity index (χ1n) is 8.46. The van der Waals surface area contributed by atoms with Crippen LogP contribution in [0.3, 0.4) is 0 Å². The van der Waals surface area contributed by atoms with Gasteiger partial charge in [0.2, 0.25) is 5.91 Å². The number of hydrogen-bond acceptors (Lipinski definition) is 4. The van der Waals surface area contributed by atoms with Crippen molar-refractivity contribution in [3.05, 3.63) is 57.5 Å². The van der Waals surface area contributed by atoms with Crippen LogP contribution in [0.15, 0.2) is 35.1 Å². The van der Waals surface area contributed by atoms with Gasteiger partial charge in [0.05, 0.1) is 12.8 Å². The lowest BCUT2D eigenvalue weighted by atomic mass is 10.0. The average molecular weight is 343 g/mol. The molecule has 134 valence electrons. The van der Waals surface area contributed by atoms with E-state index in [1.54, 1.807) is 18.1 Å². The van der Waals surface area contributed by atoms with Crippen LogP contribution in [-0.2, 0) is 17.8 Å². The third kappa shape index (κ3) is 4.68. The number of likely N-dealkylation sites (N-methyl/N-ethyl adjacent to an activating group) is 1. The largest absolute Gasteiger partial charge is 0.497 e. The number of benzene rings is 1. The monoisotopic (exact) mass is 343 g/mol. The lowest BCUT2D eigenvalue weighted by Crippen LogP contribution is -2.37. The van der Waals surface area contributed by atoms with Crippen LogP contribution in [0.5, 0.6) is 5.75 Å². The quantitative estimate of drug-likeness (QED) is 0.771. The van der Waals surface area contributed by atoms with Gasteiger partial charge in [-0.2, -0.15) is 5.10 Å². The maximum Gasteiger partial charge on any atom is 0.267 e. The van der Waals surface area contributed by atoms with E-state index in [-0.39, 0.29) is 18.0 Å². The van der Waals surface area contributed by atoms with Crippen molar-refractivity contribution in [2.75, 3.05) is 20.2 Å². The van der Waals surface area contributed by atoms with Crippen molar-refractivity contribution in [2.45, 2.75) is 33.7 Å². The van der Waals surface area contributed by atoms with E-state index in [9.17, 15) is 9.59 Å². The van der Waals surface area contributed by atoms with Gasteiger partial charge in [0.25, 0.3) is 5.56 Å². The summed E-state index contributed by atoms with van der Waals surface area (Å²) in [5.41, 5.74) is 2.43. The Morgan fingerprint density at radius 1 is 1.20 bits per heavy atom. The van der Waals surface area contributed by atoms with E-state index in [1.807, 2.05) is 45.0 Å². The highest BCUT2D eigenvalue weighted by Crippen LogP contribution is 2.15. The molecule has 0 spiro atoms. The van der Waals surface area contributed by atoms with Gasteiger partial charge in [-0.05, 0) is 50.5 Å². The summed E-state index contributed by atoms with van der Waals surface area (Å²) in [4.78, 5) is 26.2. The second-order valence-corrected chi connectivity index (χ2v) is 5.84. The summed E-state index contributed by atoms with van der Waals surface area (Å²) < 4.78 is 6.39. The summed E-state index contributed by atoms with van der Waals surface area (Å²) in [7, 11) is 1.63. The maximum absolute atomic E-state index is 12.3. The molecule has 0 atom stereocenters. The number of carbonyl (C=O) groups is 1. The minimum atomic E-state index is -0.255. The predicted octanol–water partition coefficient (Wildman–Crippen LogP) is 2.02. The zero-order valence-corrected chi connectivity index (χ0v) is 15.3. The molecule has 1 amide bonds. The molecule has 6 nitrogen and oxygen atoms in total. The SMILES string of the molecule is CCN(CC)C(=O)Cn1nc(C)c(Cc2ccc(OC)cc2)cc1=O. The second kappa shape index (κ2) is 8.46. The highest BCUT2D eigenvalue weighted by atomic mass is 16.5. The van der Waals surface area contributed by atoms with Crippen molar-refractivity contribution in [1.82, 2.24) is 14.7 Å². The Labute approximate surface area is 148 Å². The van der Waals surface area contributed by atoms with Gasteiger partial charge in [0.1, 0.15) is 12.3 Å². The smallest absolute Gasteiger partial charge is 0.267 e. The highest BCUT2D eigenvalue weighted by molar-refractivity contribution is 5.75. The number of methoxy groups -OCH3 is 1. The number of nitrogens with zero attached hydrogens (tertiary/aromatic N) is 3. The van der Waals surface area contributed by atoms with E-state index >= 15 is 0 Å². The van der Waals surface area contributed by atoms with Crippen molar-refractivity contribution in [1.29, 1.82) is 0 Å². The fourth-order valence-electron chi connectivity index (χ4n) is 2.68. The van der Waals surface area contributed by atoms with Crippen LogP contribution >= 0.6 is 0 Å². The van der Waals surface area contributed by atoms with Gasteiger partial charge in [-0.15, -0.1) is 0 Å². The van der Waals surface area contributed by atoms with Crippen molar-refractivity contribution >= 4 is 5.91 Å². The first kappa shape index (κ1) is 18.7. The van der Waals surface area contributed by atoms with Gasteiger partial charge in [0.15, 0.2) is 0 Å². The van der Waals surface area contributed by atoms with E-state index in [4.69, 9.17) is 4.74 Å². The van der Waals surface area contributed by atoms with Gasteiger partial charge < -0.3 is 9.64 Å². The lowest BCUT2D eigenvalue weighted by molar-refractivity contribution is -0.131. The van der Waals surface area contributed by atoms with Gasteiger partial charge in [-0.25, -0.2) is 4.68 Å². The molecule has 0 saturated carbocycles.